The van der Waals surface area contributed by atoms with Crippen molar-refractivity contribution in [1.29, 1.82) is 0 Å². The number of ketones is 1. The van der Waals surface area contributed by atoms with Gasteiger partial charge < -0.3 is 0 Å². The van der Waals surface area contributed by atoms with Crippen LogP contribution in [0.25, 0.3) is 0 Å². The molecule has 0 bridgehead atoms. The van der Waals surface area contributed by atoms with Crippen LogP contribution in [0, 0.1) is 0 Å². The van der Waals surface area contributed by atoms with E-state index in [0.717, 1.165) is 6.42 Å². The van der Waals surface area contributed by atoms with E-state index in [9.17, 15) is 4.79 Å². The first-order chi connectivity index (χ1) is 6.65. The topological polar surface area (TPSA) is 17.1 Å². The van der Waals surface area contributed by atoms with E-state index in [2.05, 4.69) is 0 Å². The maximum atomic E-state index is 11.5. The molecule has 0 spiro atoms. The normalized spacial score (nSPS) is 10.8. The van der Waals surface area contributed by atoms with E-state index in [1.54, 1.807) is 24.3 Å². The van der Waals surface area contributed by atoms with E-state index in [0.29, 0.717) is 15.6 Å². The van der Waals surface area contributed by atoms with E-state index in [-0.39, 0.29) is 5.78 Å². The predicted molar refractivity (Wildman–Crippen MR) is 60.2 cm³/mol. The zero-order chi connectivity index (χ0) is 10.6. The highest BCUT2D eigenvalue weighted by atomic mass is 35.5. The molecule has 0 heterocycles. The molecule has 0 atom stereocenters. The van der Waals surface area contributed by atoms with Crippen LogP contribution in [-0.2, 0) is 0 Å². The average Bonchev–Trinajstić information content (AvgIpc) is 2.14. The molecule has 0 unspecified atom stereocenters. The lowest BCUT2D eigenvalue weighted by Gasteiger charge is -1.99. The average molecular weight is 229 g/mol. The van der Waals surface area contributed by atoms with Crippen molar-refractivity contribution in [3.05, 3.63) is 46.0 Å². The minimum atomic E-state index is -0.0893. The number of benzene rings is 1. The number of halogens is 2. The van der Waals surface area contributed by atoms with E-state index < -0.39 is 0 Å². The second-order valence-electron chi connectivity index (χ2n) is 2.80. The fourth-order valence-corrected chi connectivity index (χ4v) is 1.51. The number of hydrogen-bond donors (Lipinski definition) is 0. The summed E-state index contributed by atoms with van der Waals surface area (Å²) in [5.41, 5.74) is 0.487. The van der Waals surface area contributed by atoms with Crippen LogP contribution < -0.4 is 0 Å². The van der Waals surface area contributed by atoms with Gasteiger partial charge in [0, 0.05) is 10.6 Å². The Morgan fingerprint density at radius 1 is 1.43 bits per heavy atom. The van der Waals surface area contributed by atoms with E-state index in [1.165, 1.54) is 6.08 Å². The molecule has 1 aromatic carbocycles. The molecule has 1 rings (SSSR count). The Morgan fingerprint density at radius 3 is 2.71 bits per heavy atom. The first-order valence-electron chi connectivity index (χ1n) is 4.31. The van der Waals surface area contributed by atoms with Gasteiger partial charge in [-0.25, -0.2) is 0 Å². The molecule has 0 radical (unpaired) electrons. The summed E-state index contributed by atoms with van der Waals surface area (Å²) in [5, 5.41) is 0.925. The van der Waals surface area contributed by atoms with Crippen molar-refractivity contribution >= 4 is 29.0 Å². The predicted octanol–water partition coefficient (Wildman–Crippen LogP) is 4.14. The summed E-state index contributed by atoms with van der Waals surface area (Å²) in [6.07, 6.45) is 4.15. The highest BCUT2D eigenvalue weighted by molar-refractivity contribution is 6.37. The monoisotopic (exact) mass is 228 g/mol. The number of carbonyl (C=O) groups is 1. The van der Waals surface area contributed by atoms with Crippen molar-refractivity contribution in [2.45, 2.75) is 13.3 Å². The Kier molecular flexibility index (Phi) is 4.18. The van der Waals surface area contributed by atoms with Gasteiger partial charge in [-0.3, -0.25) is 4.79 Å². The number of allylic oxidation sites excluding steroid dienone is 2. The van der Waals surface area contributed by atoms with Gasteiger partial charge in [0.05, 0.1) is 5.02 Å². The first-order valence-corrected chi connectivity index (χ1v) is 5.06. The summed E-state index contributed by atoms with van der Waals surface area (Å²) < 4.78 is 0. The van der Waals surface area contributed by atoms with Crippen molar-refractivity contribution in [2.75, 3.05) is 0 Å². The van der Waals surface area contributed by atoms with Gasteiger partial charge in [0.15, 0.2) is 5.78 Å². The Morgan fingerprint density at radius 2 is 2.14 bits per heavy atom. The molecule has 0 aliphatic carbocycles. The molecule has 0 fully saturated rings. The van der Waals surface area contributed by atoms with Gasteiger partial charge in [-0.05, 0) is 30.7 Å². The Bertz CT molecular complexity index is 370. The molecule has 0 amide bonds. The highest BCUT2D eigenvalue weighted by Crippen LogP contribution is 2.21. The first kappa shape index (κ1) is 11.3. The third-order valence-corrected chi connectivity index (χ3v) is 2.25. The molecule has 3 heteroatoms. The van der Waals surface area contributed by atoms with Crippen molar-refractivity contribution in [3.63, 3.8) is 0 Å². The number of carbonyl (C=O) groups excluding carboxylic acids is 1. The highest BCUT2D eigenvalue weighted by Gasteiger charge is 2.06. The maximum Gasteiger partial charge on any atom is 0.187 e. The van der Waals surface area contributed by atoms with Crippen LogP contribution in [0.4, 0.5) is 0 Å². The maximum absolute atomic E-state index is 11.5. The fourth-order valence-electron chi connectivity index (χ4n) is 1.00. The minimum Gasteiger partial charge on any atom is -0.289 e. The van der Waals surface area contributed by atoms with E-state index in [4.69, 9.17) is 23.2 Å². The molecule has 0 saturated heterocycles. The zero-order valence-electron chi connectivity index (χ0n) is 7.76. The van der Waals surface area contributed by atoms with Crippen LogP contribution in [0.3, 0.4) is 0 Å². The summed E-state index contributed by atoms with van der Waals surface area (Å²) in [6.45, 7) is 1.97. The third-order valence-electron chi connectivity index (χ3n) is 1.70. The molecule has 1 aromatic rings. The Balaban J connectivity index is 2.96. The lowest BCUT2D eigenvalue weighted by atomic mass is 10.1. The largest absolute Gasteiger partial charge is 0.289 e. The molecule has 1 nitrogen and oxygen atoms in total. The molecule has 0 saturated carbocycles. The van der Waals surface area contributed by atoms with E-state index in [1.807, 2.05) is 6.92 Å². The summed E-state index contributed by atoms with van der Waals surface area (Å²) in [5.74, 6) is -0.0893. The second kappa shape index (κ2) is 5.18. The summed E-state index contributed by atoms with van der Waals surface area (Å²) in [7, 11) is 0. The second-order valence-corrected chi connectivity index (χ2v) is 3.64. The smallest absolute Gasteiger partial charge is 0.187 e. The van der Waals surface area contributed by atoms with Crippen LogP contribution in [0.15, 0.2) is 30.4 Å². The molecular weight excluding hydrogens is 219 g/mol. The fraction of sp³-hybridized carbons (Fsp3) is 0.182. The van der Waals surface area contributed by atoms with Crippen molar-refractivity contribution in [3.8, 4) is 0 Å². The van der Waals surface area contributed by atoms with Gasteiger partial charge in [-0.1, -0.05) is 36.2 Å². The Hall–Kier alpha value is -0.790. The molecular formula is C11H10Cl2O. The molecule has 14 heavy (non-hydrogen) atoms. The van der Waals surface area contributed by atoms with Crippen LogP contribution in [0.1, 0.15) is 23.7 Å². The Labute approximate surface area is 93.3 Å². The lowest BCUT2D eigenvalue weighted by Crippen LogP contribution is -1.94. The number of rotatable bonds is 3. The van der Waals surface area contributed by atoms with Crippen molar-refractivity contribution < 1.29 is 4.79 Å². The van der Waals surface area contributed by atoms with Gasteiger partial charge in [0.25, 0.3) is 0 Å². The third kappa shape index (κ3) is 2.86. The zero-order valence-corrected chi connectivity index (χ0v) is 9.27. The van der Waals surface area contributed by atoms with Crippen LogP contribution in [0.2, 0.25) is 10.0 Å². The molecule has 0 aliphatic rings. The van der Waals surface area contributed by atoms with Gasteiger partial charge in [0.1, 0.15) is 0 Å². The quantitative estimate of drug-likeness (QED) is 0.562. The summed E-state index contributed by atoms with van der Waals surface area (Å²) >= 11 is 11.6. The summed E-state index contributed by atoms with van der Waals surface area (Å²) in [4.78, 5) is 11.5. The van der Waals surface area contributed by atoms with Crippen molar-refractivity contribution in [1.82, 2.24) is 0 Å². The van der Waals surface area contributed by atoms with Crippen LogP contribution >= 0.6 is 23.2 Å². The van der Waals surface area contributed by atoms with Gasteiger partial charge in [-0.2, -0.15) is 0 Å². The molecule has 0 N–H and O–H groups in total. The SMILES string of the molecule is CC/C=C/C(=O)c1ccc(Cl)cc1Cl. The van der Waals surface area contributed by atoms with E-state index >= 15 is 0 Å². The molecule has 74 valence electrons. The van der Waals surface area contributed by atoms with Crippen LogP contribution in [0.5, 0.6) is 0 Å². The van der Waals surface area contributed by atoms with Crippen molar-refractivity contribution in [2.24, 2.45) is 0 Å². The minimum absolute atomic E-state index is 0.0893. The standard InChI is InChI=1S/C11H10Cl2O/c1-2-3-4-11(14)9-6-5-8(12)7-10(9)13/h3-7H,2H2,1H3/b4-3+. The molecule has 0 aromatic heterocycles. The van der Waals surface area contributed by atoms with Gasteiger partial charge in [0.2, 0.25) is 0 Å². The molecule has 0 aliphatic heterocycles. The number of hydrogen-bond acceptors (Lipinski definition) is 1. The van der Waals surface area contributed by atoms with Gasteiger partial charge >= 0.3 is 0 Å². The lowest BCUT2D eigenvalue weighted by molar-refractivity contribution is 0.104. The summed E-state index contributed by atoms with van der Waals surface area (Å²) in [6, 6.07) is 4.85. The van der Waals surface area contributed by atoms with Gasteiger partial charge in [-0.15, -0.1) is 0 Å². The van der Waals surface area contributed by atoms with Crippen LogP contribution in [-0.4, -0.2) is 5.78 Å².